The van der Waals surface area contributed by atoms with Gasteiger partial charge in [0.25, 0.3) is 12.0 Å². The number of likely N-dealkylation sites (tertiary alicyclic amines) is 1. The van der Waals surface area contributed by atoms with Gasteiger partial charge in [-0.05, 0) is 37.6 Å². The van der Waals surface area contributed by atoms with Crippen LogP contribution in [0.15, 0.2) is 47.5 Å². The van der Waals surface area contributed by atoms with E-state index in [1.165, 1.54) is 0 Å². The van der Waals surface area contributed by atoms with Crippen LogP contribution in [0.4, 0.5) is 8.78 Å². The number of rotatable bonds is 5. The van der Waals surface area contributed by atoms with Crippen molar-refractivity contribution in [3.8, 4) is 0 Å². The number of aromatic nitrogens is 4. The summed E-state index contributed by atoms with van der Waals surface area (Å²) in [6.07, 6.45) is 2.37. The van der Waals surface area contributed by atoms with E-state index < -0.39 is 18.5 Å². The van der Waals surface area contributed by atoms with Crippen molar-refractivity contribution >= 4 is 10.9 Å². The molecule has 1 atom stereocenters. The zero-order valence-corrected chi connectivity index (χ0v) is 14.6. The molecule has 0 amide bonds. The fourth-order valence-corrected chi connectivity index (χ4v) is 3.66. The van der Waals surface area contributed by atoms with Crippen LogP contribution in [0, 0.1) is 0 Å². The highest BCUT2D eigenvalue weighted by molar-refractivity contribution is 5.77. The Morgan fingerprint density at radius 2 is 1.93 bits per heavy atom. The first-order chi connectivity index (χ1) is 13.1. The maximum absolute atomic E-state index is 13.2. The molecule has 1 aliphatic rings. The lowest BCUT2D eigenvalue weighted by Crippen LogP contribution is -2.33. The molecule has 1 unspecified atom stereocenters. The van der Waals surface area contributed by atoms with Gasteiger partial charge in [-0.15, -0.1) is 0 Å². The summed E-state index contributed by atoms with van der Waals surface area (Å²) in [5.74, 6) is 1.06. The summed E-state index contributed by atoms with van der Waals surface area (Å²) in [5.41, 5.74) is 0.115. The van der Waals surface area contributed by atoms with Gasteiger partial charge < -0.3 is 0 Å². The van der Waals surface area contributed by atoms with Crippen molar-refractivity contribution in [3.05, 3.63) is 64.7 Å². The van der Waals surface area contributed by atoms with Crippen LogP contribution in [0.5, 0.6) is 0 Å². The minimum atomic E-state index is -2.63. The van der Waals surface area contributed by atoms with Crippen LogP contribution >= 0.6 is 0 Å². The summed E-state index contributed by atoms with van der Waals surface area (Å²) >= 11 is 0. The predicted octanol–water partition coefficient (Wildman–Crippen LogP) is 2.79. The van der Waals surface area contributed by atoms with Crippen molar-refractivity contribution in [1.82, 2.24) is 24.4 Å². The number of benzene rings is 1. The average Bonchev–Trinajstić information content (AvgIpc) is 3.12. The van der Waals surface area contributed by atoms with Crippen LogP contribution < -0.4 is 5.56 Å². The largest absolute Gasteiger partial charge is 0.289 e. The SMILES string of the molecule is O=c1c2ccccc2nc(C2CCCN2Cc2ncccn2)n1CC(F)F. The highest BCUT2D eigenvalue weighted by atomic mass is 19.3. The lowest BCUT2D eigenvalue weighted by molar-refractivity contribution is 0.120. The third-order valence-corrected chi connectivity index (χ3v) is 4.84. The summed E-state index contributed by atoms with van der Waals surface area (Å²) in [4.78, 5) is 28.1. The van der Waals surface area contributed by atoms with E-state index in [4.69, 9.17) is 0 Å². The highest BCUT2D eigenvalue weighted by Gasteiger charge is 2.31. The molecular weight excluding hydrogens is 352 g/mol. The van der Waals surface area contributed by atoms with Gasteiger partial charge in [-0.3, -0.25) is 14.3 Å². The molecule has 0 radical (unpaired) electrons. The first-order valence-corrected chi connectivity index (χ1v) is 8.91. The topological polar surface area (TPSA) is 63.9 Å². The predicted molar refractivity (Wildman–Crippen MR) is 96.4 cm³/mol. The quantitative estimate of drug-likeness (QED) is 0.690. The first kappa shape index (κ1) is 17.7. The monoisotopic (exact) mass is 371 g/mol. The molecule has 8 heteroatoms. The molecule has 6 nitrogen and oxygen atoms in total. The highest BCUT2D eigenvalue weighted by Crippen LogP contribution is 2.32. The van der Waals surface area contributed by atoms with Gasteiger partial charge in [0.1, 0.15) is 11.6 Å². The summed E-state index contributed by atoms with van der Waals surface area (Å²) in [6, 6.07) is 8.40. The fraction of sp³-hybridized carbons (Fsp3) is 0.368. The van der Waals surface area contributed by atoms with Crippen molar-refractivity contribution in [3.63, 3.8) is 0 Å². The summed E-state index contributed by atoms with van der Waals surface area (Å²) in [5, 5.41) is 0.359. The van der Waals surface area contributed by atoms with Crippen molar-refractivity contribution in [2.24, 2.45) is 0 Å². The molecule has 0 spiro atoms. The number of hydrogen-bond acceptors (Lipinski definition) is 5. The Morgan fingerprint density at radius 3 is 2.70 bits per heavy atom. The Labute approximate surface area is 154 Å². The van der Waals surface area contributed by atoms with Crippen molar-refractivity contribution in [2.45, 2.75) is 38.4 Å². The fourth-order valence-electron chi connectivity index (χ4n) is 3.66. The minimum absolute atomic E-state index is 0.218. The molecule has 1 aromatic carbocycles. The van der Waals surface area contributed by atoms with Gasteiger partial charge in [0.2, 0.25) is 0 Å². The summed E-state index contributed by atoms with van der Waals surface area (Å²) in [6.45, 7) is 0.612. The third kappa shape index (κ3) is 3.57. The molecule has 1 aliphatic heterocycles. The van der Waals surface area contributed by atoms with E-state index in [0.29, 0.717) is 29.1 Å². The number of hydrogen-bond donors (Lipinski definition) is 0. The van der Waals surface area contributed by atoms with Gasteiger partial charge in [-0.1, -0.05) is 12.1 Å². The van der Waals surface area contributed by atoms with E-state index in [-0.39, 0.29) is 6.04 Å². The van der Waals surface area contributed by atoms with E-state index >= 15 is 0 Å². The van der Waals surface area contributed by atoms with Crippen molar-refractivity contribution < 1.29 is 8.78 Å². The standard InChI is InChI=1S/C19H19F2N5O/c20-16(21)11-26-18(24-14-6-2-1-5-13(14)19(26)27)15-7-3-10-25(15)12-17-22-8-4-9-23-17/h1-2,4-6,8-9,15-16H,3,7,10-12H2. The van der Waals surface area contributed by atoms with Gasteiger partial charge in [0.15, 0.2) is 0 Å². The Balaban J connectivity index is 1.77. The maximum Gasteiger partial charge on any atom is 0.261 e. The maximum atomic E-state index is 13.2. The van der Waals surface area contributed by atoms with E-state index in [2.05, 4.69) is 19.9 Å². The van der Waals surface area contributed by atoms with Gasteiger partial charge in [-0.2, -0.15) is 0 Å². The lowest BCUT2D eigenvalue weighted by Gasteiger charge is -2.26. The molecule has 140 valence electrons. The Hall–Kier alpha value is -2.74. The van der Waals surface area contributed by atoms with Crippen LogP contribution in [0.2, 0.25) is 0 Å². The molecule has 3 aromatic rings. The van der Waals surface area contributed by atoms with Crippen LogP contribution in [-0.4, -0.2) is 37.4 Å². The Morgan fingerprint density at radius 1 is 1.15 bits per heavy atom. The zero-order valence-electron chi connectivity index (χ0n) is 14.6. The average molecular weight is 371 g/mol. The molecule has 3 heterocycles. The van der Waals surface area contributed by atoms with Gasteiger partial charge in [-0.25, -0.2) is 23.7 Å². The zero-order chi connectivity index (χ0) is 18.8. The van der Waals surface area contributed by atoms with E-state index in [1.54, 1.807) is 42.7 Å². The lowest BCUT2D eigenvalue weighted by atomic mass is 10.1. The Bertz CT molecular complexity index is 992. The van der Waals surface area contributed by atoms with Crippen LogP contribution in [-0.2, 0) is 13.1 Å². The van der Waals surface area contributed by atoms with Crippen LogP contribution in [0.25, 0.3) is 10.9 Å². The molecule has 2 aromatic heterocycles. The minimum Gasteiger partial charge on any atom is -0.289 e. The molecule has 0 N–H and O–H groups in total. The van der Waals surface area contributed by atoms with Gasteiger partial charge in [0.05, 0.1) is 30.0 Å². The van der Waals surface area contributed by atoms with Gasteiger partial charge in [0, 0.05) is 12.4 Å². The first-order valence-electron chi connectivity index (χ1n) is 8.91. The number of para-hydroxylation sites is 1. The number of fused-ring (bicyclic) bond motifs is 1. The summed E-state index contributed by atoms with van der Waals surface area (Å²) < 4.78 is 27.5. The van der Waals surface area contributed by atoms with Crippen LogP contribution in [0.1, 0.15) is 30.5 Å². The van der Waals surface area contributed by atoms with Gasteiger partial charge >= 0.3 is 0 Å². The molecule has 0 bridgehead atoms. The smallest absolute Gasteiger partial charge is 0.261 e. The number of alkyl halides is 2. The molecule has 0 aliphatic carbocycles. The third-order valence-electron chi connectivity index (χ3n) is 4.84. The van der Waals surface area contributed by atoms with Crippen molar-refractivity contribution in [1.29, 1.82) is 0 Å². The van der Waals surface area contributed by atoms with E-state index in [9.17, 15) is 13.6 Å². The van der Waals surface area contributed by atoms with E-state index in [0.717, 1.165) is 24.0 Å². The molecular formula is C19H19F2N5O. The molecule has 1 saturated heterocycles. The number of nitrogens with zero attached hydrogens (tertiary/aromatic N) is 5. The van der Waals surface area contributed by atoms with Crippen molar-refractivity contribution in [2.75, 3.05) is 6.54 Å². The second-order valence-corrected chi connectivity index (χ2v) is 6.59. The number of halogens is 2. The molecule has 1 fully saturated rings. The summed E-state index contributed by atoms with van der Waals surface area (Å²) in [7, 11) is 0. The normalized spacial score (nSPS) is 17.8. The molecule has 0 saturated carbocycles. The van der Waals surface area contributed by atoms with Crippen LogP contribution in [0.3, 0.4) is 0 Å². The molecule has 27 heavy (non-hydrogen) atoms. The second-order valence-electron chi connectivity index (χ2n) is 6.59. The molecule has 4 rings (SSSR count). The second kappa shape index (κ2) is 7.48. The van der Waals surface area contributed by atoms with E-state index in [1.807, 2.05) is 0 Å². The Kier molecular flexibility index (Phi) is 4.89.